The van der Waals surface area contributed by atoms with E-state index in [1.165, 1.54) is 12.5 Å². The molecule has 12 heavy (non-hydrogen) atoms. The van der Waals surface area contributed by atoms with Crippen molar-refractivity contribution in [1.29, 1.82) is 0 Å². The Morgan fingerprint density at radius 3 is 2.17 bits per heavy atom. The van der Waals surface area contributed by atoms with Crippen molar-refractivity contribution in [2.45, 2.75) is 0 Å². The van der Waals surface area contributed by atoms with Crippen molar-refractivity contribution in [2.75, 3.05) is 5.73 Å². The number of rotatable bonds is 2. The number of ether oxygens (including phenoxy) is 1. The number of pyridine rings is 1. The van der Waals surface area contributed by atoms with E-state index < -0.39 is 0 Å². The highest BCUT2D eigenvalue weighted by molar-refractivity contribution is 5.25. The molecule has 1 heterocycles. The Kier molecular flexibility index (Phi) is 6.26. The van der Waals surface area contributed by atoms with Gasteiger partial charge in [0.05, 0.1) is 12.5 Å². The normalized spacial score (nSPS) is 7.33. The van der Waals surface area contributed by atoms with Crippen LogP contribution < -0.4 is 5.73 Å². The molecule has 1 aromatic rings. The lowest BCUT2D eigenvalue weighted by molar-refractivity contribution is 0.406. The molecule has 0 aliphatic carbocycles. The van der Waals surface area contributed by atoms with E-state index in [0.717, 1.165) is 0 Å². The quantitative estimate of drug-likeness (QED) is 0.679. The van der Waals surface area contributed by atoms with Gasteiger partial charge in [0.15, 0.2) is 0 Å². The third-order valence-corrected chi connectivity index (χ3v) is 0.880. The van der Waals surface area contributed by atoms with Gasteiger partial charge in [0.1, 0.15) is 5.82 Å². The summed E-state index contributed by atoms with van der Waals surface area (Å²) in [4.78, 5) is 3.76. The van der Waals surface area contributed by atoms with Gasteiger partial charge in [-0.3, -0.25) is 0 Å². The van der Waals surface area contributed by atoms with Crippen LogP contribution in [0.25, 0.3) is 0 Å². The van der Waals surface area contributed by atoms with Gasteiger partial charge < -0.3 is 10.5 Å². The lowest BCUT2D eigenvalue weighted by Crippen LogP contribution is -1.85. The third kappa shape index (κ3) is 6.35. The number of nitrogen functional groups attached to an aromatic ring is 1. The predicted molar refractivity (Wildman–Crippen MR) is 50.1 cm³/mol. The first-order valence-electron chi connectivity index (χ1n) is 3.35. The van der Waals surface area contributed by atoms with E-state index in [9.17, 15) is 0 Å². The van der Waals surface area contributed by atoms with E-state index in [1.807, 2.05) is 12.1 Å². The highest BCUT2D eigenvalue weighted by atomic mass is 16.5. The first-order valence-corrected chi connectivity index (χ1v) is 3.35. The zero-order valence-electron chi connectivity index (χ0n) is 6.81. The molecule has 1 aromatic heterocycles. The molecule has 0 aromatic carbocycles. The molecule has 3 nitrogen and oxygen atoms in total. The fourth-order valence-electron chi connectivity index (χ4n) is 0.444. The van der Waals surface area contributed by atoms with Gasteiger partial charge in [0, 0.05) is 6.20 Å². The molecule has 0 amide bonds. The molecule has 0 spiro atoms. The fourth-order valence-corrected chi connectivity index (χ4v) is 0.444. The average Bonchev–Trinajstić information content (AvgIpc) is 2.08. The maximum absolute atomic E-state index is 5.25. The van der Waals surface area contributed by atoms with Gasteiger partial charge >= 0.3 is 0 Å². The van der Waals surface area contributed by atoms with Crippen molar-refractivity contribution >= 4 is 5.82 Å². The molecular weight excluding hydrogens is 152 g/mol. The number of hydrogen-bond acceptors (Lipinski definition) is 3. The van der Waals surface area contributed by atoms with Crippen LogP contribution in [0.2, 0.25) is 0 Å². The van der Waals surface area contributed by atoms with Crippen molar-refractivity contribution in [2.24, 2.45) is 0 Å². The summed E-state index contributed by atoms with van der Waals surface area (Å²) in [5.41, 5.74) is 5.25. The molecule has 0 radical (unpaired) electrons. The van der Waals surface area contributed by atoms with Crippen LogP contribution in [0, 0.1) is 0 Å². The Morgan fingerprint density at radius 2 is 2.00 bits per heavy atom. The summed E-state index contributed by atoms with van der Waals surface area (Å²) in [7, 11) is 0. The van der Waals surface area contributed by atoms with Crippen molar-refractivity contribution in [3.8, 4) is 0 Å². The zero-order chi connectivity index (χ0) is 9.23. The summed E-state index contributed by atoms with van der Waals surface area (Å²) in [5, 5.41) is 0. The molecule has 0 bridgehead atoms. The molecule has 2 N–H and O–H groups in total. The van der Waals surface area contributed by atoms with Gasteiger partial charge in [-0.1, -0.05) is 19.2 Å². The molecule has 0 aliphatic rings. The Bertz CT molecular complexity index is 215. The molecule has 1 rings (SSSR count). The van der Waals surface area contributed by atoms with Crippen LogP contribution in [-0.2, 0) is 4.74 Å². The summed E-state index contributed by atoms with van der Waals surface area (Å²) >= 11 is 0. The zero-order valence-corrected chi connectivity index (χ0v) is 6.81. The average molecular weight is 164 g/mol. The highest BCUT2D eigenvalue weighted by Gasteiger charge is 1.73. The number of nitrogens with zero attached hydrogens (tertiary/aromatic N) is 1. The monoisotopic (exact) mass is 164 g/mol. The van der Waals surface area contributed by atoms with Crippen molar-refractivity contribution < 1.29 is 4.74 Å². The minimum absolute atomic E-state index is 0.572. The van der Waals surface area contributed by atoms with Gasteiger partial charge in [-0.05, 0) is 12.1 Å². The molecule has 0 aliphatic heterocycles. The highest BCUT2D eigenvalue weighted by Crippen LogP contribution is 1.89. The maximum atomic E-state index is 5.25. The van der Waals surface area contributed by atoms with Crippen LogP contribution >= 0.6 is 0 Å². The molecule has 0 atom stereocenters. The van der Waals surface area contributed by atoms with Gasteiger partial charge in [0.2, 0.25) is 0 Å². The third-order valence-electron chi connectivity index (χ3n) is 0.880. The van der Waals surface area contributed by atoms with E-state index in [-0.39, 0.29) is 0 Å². The first kappa shape index (κ1) is 10.2. The maximum Gasteiger partial charge on any atom is 0.123 e. The van der Waals surface area contributed by atoms with E-state index in [4.69, 9.17) is 5.73 Å². The van der Waals surface area contributed by atoms with Gasteiger partial charge in [-0.2, -0.15) is 0 Å². The standard InChI is InChI=1S/C5H6N2.C4H6O/c6-5-3-1-2-4-7-5;1-3-5-4-2/h1-4H,(H2,6,7);3-4H,1-2H2. The van der Waals surface area contributed by atoms with Gasteiger partial charge in [0.25, 0.3) is 0 Å². The molecule has 3 heteroatoms. The number of anilines is 1. The number of hydrogen-bond donors (Lipinski definition) is 1. The molecule has 0 saturated heterocycles. The topological polar surface area (TPSA) is 48.1 Å². The second kappa shape index (κ2) is 7.34. The van der Waals surface area contributed by atoms with Gasteiger partial charge in [-0.15, -0.1) is 0 Å². The predicted octanol–water partition coefficient (Wildman–Crippen LogP) is 1.95. The smallest absolute Gasteiger partial charge is 0.123 e. The number of aromatic nitrogens is 1. The van der Waals surface area contributed by atoms with Crippen LogP contribution in [-0.4, -0.2) is 4.98 Å². The molecule has 0 saturated carbocycles. The minimum Gasteiger partial charge on any atom is -0.474 e. The van der Waals surface area contributed by atoms with Crippen molar-refractivity contribution in [3.05, 3.63) is 50.1 Å². The van der Waals surface area contributed by atoms with Crippen LogP contribution in [0.5, 0.6) is 0 Å². The van der Waals surface area contributed by atoms with E-state index in [2.05, 4.69) is 22.9 Å². The van der Waals surface area contributed by atoms with Gasteiger partial charge in [-0.25, -0.2) is 4.98 Å². The lowest BCUT2D eigenvalue weighted by atomic mass is 10.5. The first-order chi connectivity index (χ1) is 5.81. The summed E-state index contributed by atoms with van der Waals surface area (Å²) in [5.74, 6) is 0.572. The largest absolute Gasteiger partial charge is 0.474 e. The molecular formula is C9H12N2O. The summed E-state index contributed by atoms with van der Waals surface area (Å²) < 4.78 is 4.36. The fraction of sp³-hybridized carbons (Fsp3) is 0. The second-order valence-electron chi connectivity index (χ2n) is 1.72. The van der Waals surface area contributed by atoms with Crippen molar-refractivity contribution in [1.82, 2.24) is 4.98 Å². The van der Waals surface area contributed by atoms with E-state index in [0.29, 0.717) is 5.82 Å². The molecule has 64 valence electrons. The van der Waals surface area contributed by atoms with E-state index in [1.54, 1.807) is 12.3 Å². The Morgan fingerprint density at radius 1 is 1.33 bits per heavy atom. The molecule has 0 unspecified atom stereocenters. The van der Waals surface area contributed by atoms with Crippen LogP contribution in [0.3, 0.4) is 0 Å². The SMILES string of the molecule is C=COC=C.Nc1ccccn1. The van der Waals surface area contributed by atoms with Crippen LogP contribution in [0.1, 0.15) is 0 Å². The van der Waals surface area contributed by atoms with Crippen LogP contribution in [0.15, 0.2) is 50.1 Å². The summed E-state index contributed by atoms with van der Waals surface area (Å²) in [6.45, 7) is 6.51. The summed E-state index contributed by atoms with van der Waals surface area (Å²) in [6.07, 6.45) is 4.29. The summed E-state index contributed by atoms with van der Waals surface area (Å²) in [6, 6.07) is 5.43. The lowest BCUT2D eigenvalue weighted by Gasteiger charge is -1.82. The Hall–Kier alpha value is -1.77. The number of nitrogens with two attached hydrogens (primary N) is 1. The minimum atomic E-state index is 0.572. The molecule has 0 fully saturated rings. The van der Waals surface area contributed by atoms with Crippen LogP contribution in [0.4, 0.5) is 5.82 Å². The Balaban J connectivity index is 0.000000217. The second-order valence-corrected chi connectivity index (χ2v) is 1.72. The van der Waals surface area contributed by atoms with Crippen molar-refractivity contribution in [3.63, 3.8) is 0 Å². The Labute approximate surface area is 72.2 Å². The van der Waals surface area contributed by atoms with E-state index >= 15 is 0 Å².